The molecule has 0 radical (unpaired) electrons. The Labute approximate surface area is 102 Å². The van der Waals surface area contributed by atoms with Gasteiger partial charge in [0.05, 0.1) is 0 Å². The molecule has 5 heteroatoms. The van der Waals surface area contributed by atoms with Gasteiger partial charge in [-0.1, -0.05) is 13.0 Å². The fourth-order valence-electron chi connectivity index (χ4n) is 1.96. The van der Waals surface area contributed by atoms with Crippen molar-refractivity contribution in [1.82, 2.24) is 4.98 Å². The maximum absolute atomic E-state index is 5.38. The third kappa shape index (κ3) is 3.31. The molecule has 2 rings (SSSR count). The number of nitrogens with one attached hydrogen (secondary N) is 2. The Morgan fingerprint density at radius 3 is 2.76 bits per heavy atom. The number of aromatic nitrogens is 1. The van der Waals surface area contributed by atoms with E-state index in [0.29, 0.717) is 11.2 Å². The molecule has 1 saturated heterocycles. The number of anilines is 2. The largest absolute Gasteiger partial charge is 0.381 e. The van der Waals surface area contributed by atoms with Gasteiger partial charge in [0.2, 0.25) is 0 Å². The average molecular weight is 236 g/mol. The van der Waals surface area contributed by atoms with Crippen molar-refractivity contribution < 1.29 is 4.74 Å². The van der Waals surface area contributed by atoms with Gasteiger partial charge in [0.1, 0.15) is 11.6 Å². The van der Waals surface area contributed by atoms with E-state index in [4.69, 9.17) is 10.6 Å². The van der Waals surface area contributed by atoms with Gasteiger partial charge in [-0.15, -0.1) is 0 Å². The number of hydrogen-bond acceptors (Lipinski definition) is 5. The van der Waals surface area contributed by atoms with Crippen molar-refractivity contribution >= 4 is 11.6 Å². The first-order valence-electron chi connectivity index (χ1n) is 5.97. The summed E-state index contributed by atoms with van der Waals surface area (Å²) >= 11 is 0. The molecule has 1 aliphatic heterocycles. The maximum atomic E-state index is 5.38. The van der Waals surface area contributed by atoms with E-state index in [2.05, 4.69) is 22.7 Å². The molecule has 5 nitrogen and oxygen atoms in total. The molecular formula is C12H20N4O. The number of nitrogen functional groups attached to an aromatic ring is 1. The number of nitrogens with two attached hydrogens (primary N) is 1. The van der Waals surface area contributed by atoms with Crippen LogP contribution in [0.4, 0.5) is 11.6 Å². The van der Waals surface area contributed by atoms with Gasteiger partial charge in [-0.3, -0.25) is 0 Å². The second kappa shape index (κ2) is 5.33. The van der Waals surface area contributed by atoms with Crippen molar-refractivity contribution in [2.24, 2.45) is 11.3 Å². The van der Waals surface area contributed by atoms with E-state index in [9.17, 15) is 0 Å². The number of pyridine rings is 1. The molecule has 17 heavy (non-hydrogen) atoms. The predicted molar refractivity (Wildman–Crippen MR) is 68.7 cm³/mol. The van der Waals surface area contributed by atoms with Gasteiger partial charge in [-0.05, 0) is 30.4 Å². The average Bonchev–Trinajstić information content (AvgIpc) is 2.38. The van der Waals surface area contributed by atoms with Crippen molar-refractivity contribution in [2.75, 3.05) is 30.5 Å². The summed E-state index contributed by atoms with van der Waals surface area (Å²) in [4.78, 5) is 4.33. The van der Waals surface area contributed by atoms with Crippen LogP contribution in [-0.2, 0) is 4.74 Å². The first-order chi connectivity index (χ1) is 8.22. The lowest BCUT2D eigenvalue weighted by Gasteiger charge is -2.33. The highest BCUT2D eigenvalue weighted by Gasteiger charge is 2.27. The molecular weight excluding hydrogens is 216 g/mol. The minimum Gasteiger partial charge on any atom is -0.381 e. The molecule has 1 aromatic rings. The second-order valence-corrected chi connectivity index (χ2v) is 4.83. The summed E-state index contributed by atoms with van der Waals surface area (Å²) in [6, 6.07) is 5.71. The van der Waals surface area contributed by atoms with Crippen LogP contribution in [0.5, 0.6) is 0 Å². The highest BCUT2D eigenvalue weighted by Crippen LogP contribution is 2.29. The molecule has 0 aliphatic carbocycles. The lowest BCUT2D eigenvalue weighted by Crippen LogP contribution is -2.33. The van der Waals surface area contributed by atoms with Gasteiger partial charge in [0.15, 0.2) is 0 Å². The van der Waals surface area contributed by atoms with E-state index in [0.717, 1.165) is 38.4 Å². The lowest BCUT2D eigenvalue weighted by atomic mass is 9.82. The molecule has 0 atom stereocenters. The Balaban J connectivity index is 1.92. The minimum atomic E-state index is 0.298. The van der Waals surface area contributed by atoms with E-state index in [-0.39, 0.29) is 0 Å². The molecule has 0 spiro atoms. The highest BCUT2D eigenvalue weighted by molar-refractivity contribution is 5.44. The van der Waals surface area contributed by atoms with Crippen molar-refractivity contribution in [1.29, 1.82) is 0 Å². The third-order valence-corrected chi connectivity index (χ3v) is 3.29. The lowest BCUT2D eigenvalue weighted by molar-refractivity contribution is 0.0300. The first-order valence-corrected chi connectivity index (χ1v) is 5.97. The maximum Gasteiger partial charge on any atom is 0.142 e. The normalized spacial score (nSPS) is 18.7. The molecule has 0 amide bonds. The Morgan fingerprint density at radius 1 is 1.35 bits per heavy atom. The fraction of sp³-hybridized carbons (Fsp3) is 0.583. The number of nitrogens with zero attached hydrogens (tertiary/aromatic N) is 1. The Bertz CT molecular complexity index is 363. The predicted octanol–water partition coefficient (Wildman–Crippen LogP) is 1.60. The van der Waals surface area contributed by atoms with Crippen LogP contribution in [0.1, 0.15) is 19.8 Å². The SMILES string of the molecule is CC1(CNc2cccc(NN)n2)CCOCC1. The number of ether oxygens (including phenoxy) is 1. The van der Waals surface area contributed by atoms with E-state index in [1.807, 2.05) is 18.2 Å². The second-order valence-electron chi connectivity index (χ2n) is 4.83. The molecule has 4 N–H and O–H groups in total. The van der Waals surface area contributed by atoms with Crippen molar-refractivity contribution in [3.05, 3.63) is 18.2 Å². The van der Waals surface area contributed by atoms with Crippen LogP contribution in [0.15, 0.2) is 18.2 Å². The summed E-state index contributed by atoms with van der Waals surface area (Å²) in [5.41, 5.74) is 2.84. The van der Waals surface area contributed by atoms with E-state index in [1.165, 1.54) is 0 Å². The van der Waals surface area contributed by atoms with Gasteiger partial charge in [0, 0.05) is 19.8 Å². The van der Waals surface area contributed by atoms with Crippen LogP contribution in [0, 0.1) is 5.41 Å². The number of hydrazine groups is 1. The van der Waals surface area contributed by atoms with Gasteiger partial charge < -0.3 is 15.5 Å². The third-order valence-electron chi connectivity index (χ3n) is 3.29. The quantitative estimate of drug-likeness (QED) is 0.547. The van der Waals surface area contributed by atoms with Crippen molar-refractivity contribution in [3.63, 3.8) is 0 Å². The molecule has 2 heterocycles. The summed E-state index contributed by atoms with van der Waals surface area (Å²) < 4.78 is 5.38. The summed E-state index contributed by atoms with van der Waals surface area (Å²) in [6.45, 7) is 4.91. The Hall–Kier alpha value is -1.33. The number of rotatable bonds is 4. The molecule has 0 bridgehead atoms. The van der Waals surface area contributed by atoms with Gasteiger partial charge in [-0.2, -0.15) is 0 Å². The summed E-state index contributed by atoms with van der Waals surface area (Å²) in [7, 11) is 0. The Morgan fingerprint density at radius 2 is 2.06 bits per heavy atom. The zero-order valence-corrected chi connectivity index (χ0v) is 10.2. The summed E-state index contributed by atoms with van der Waals surface area (Å²) in [5, 5.41) is 3.37. The van der Waals surface area contributed by atoms with Gasteiger partial charge in [-0.25, -0.2) is 10.8 Å². The highest BCUT2D eigenvalue weighted by atomic mass is 16.5. The van der Waals surface area contributed by atoms with Gasteiger partial charge >= 0.3 is 0 Å². The molecule has 1 aliphatic rings. The minimum absolute atomic E-state index is 0.298. The first kappa shape index (κ1) is 12.1. The topological polar surface area (TPSA) is 72.2 Å². The molecule has 0 aromatic carbocycles. The molecule has 0 saturated carbocycles. The zero-order valence-electron chi connectivity index (χ0n) is 10.2. The standard InChI is InChI=1S/C12H20N4O/c1-12(5-7-17-8-6-12)9-14-10-3-2-4-11(15-10)16-13/h2-4H,5-9,13H2,1H3,(H2,14,15,16). The monoisotopic (exact) mass is 236 g/mol. The smallest absolute Gasteiger partial charge is 0.142 e. The van der Waals surface area contributed by atoms with Crippen LogP contribution < -0.4 is 16.6 Å². The van der Waals surface area contributed by atoms with Crippen molar-refractivity contribution in [2.45, 2.75) is 19.8 Å². The van der Waals surface area contributed by atoms with E-state index in [1.54, 1.807) is 0 Å². The zero-order chi connectivity index (χ0) is 12.1. The van der Waals surface area contributed by atoms with Crippen LogP contribution in [-0.4, -0.2) is 24.7 Å². The summed E-state index contributed by atoms with van der Waals surface area (Å²) in [6.07, 6.45) is 2.18. The van der Waals surface area contributed by atoms with Crippen molar-refractivity contribution in [3.8, 4) is 0 Å². The van der Waals surface area contributed by atoms with Gasteiger partial charge in [0.25, 0.3) is 0 Å². The molecule has 94 valence electrons. The van der Waals surface area contributed by atoms with E-state index >= 15 is 0 Å². The summed E-state index contributed by atoms with van der Waals surface area (Å²) in [5.74, 6) is 6.85. The van der Waals surface area contributed by atoms with E-state index < -0.39 is 0 Å². The molecule has 0 unspecified atom stereocenters. The Kier molecular flexibility index (Phi) is 3.81. The van der Waals surface area contributed by atoms with Crippen LogP contribution in [0.25, 0.3) is 0 Å². The molecule has 1 aromatic heterocycles. The van der Waals surface area contributed by atoms with Crippen LogP contribution in [0.2, 0.25) is 0 Å². The van der Waals surface area contributed by atoms with Crippen LogP contribution >= 0.6 is 0 Å². The number of hydrogen-bond donors (Lipinski definition) is 3. The van der Waals surface area contributed by atoms with Crippen LogP contribution in [0.3, 0.4) is 0 Å². The molecule has 1 fully saturated rings. The fourth-order valence-corrected chi connectivity index (χ4v) is 1.96.